The number of carbonyl (C=O) groups is 1. The van der Waals surface area contributed by atoms with Gasteiger partial charge in [-0.15, -0.1) is 0 Å². The molecule has 25 heavy (non-hydrogen) atoms. The first-order chi connectivity index (χ1) is 11.9. The van der Waals surface area contributed by atoms with Gasteiger partial charge in [-0.05, 0) is 44.4 Å². The number of thioether (sulfide) groups is 1. The summed E-state index contributed by atoms with van der Waals surface area (Å²) in [5, 5.41) is 3.12. The maximum absolute atomic E-state index is 12.1. The van der Waals surface area contributed by atoms with Crippen LogP contribution >= 0.6 is 11.8 Å². The summed E-state index contributed by atoms with van der Waals surface area (Å²) in [6.07, 6.45) is 2.44. The maximum atomic E-state index is 12.1. The molecule has 0 aliphatic carbocycles. The largest absolute Gasteiger partial charge is 0.381 e. The van der Waals surface area contributed by atoms with Crippen molar-refractivity contribution < 1.29 is 17.9 Å². The van der Waals surface area contributed by atoms with Gasteiger partial charge in [0.2, 0.25) is 5.91 Å². The lowest BCUT2D eigenvalue weighted by Gasteiger charge is -2.21. The summed E-state index contributed by atoms with van der Waals surface area (Å²) in [6.45, 7) is 5.66. The van der Waals surface area contributed by atoms with Crippen LogP contribution in [-0.2, 0) is 25.8 Å². The number of nitrogens with one attached hydrogen (secondary N) is 1. The van der Waals surface area contributed by atoms with Crippen molar-refractivity contribution in [2.75, 3.05) is 25.5 Å². The quantitative estimate of drug-likeness (QED) is 0.696. The molecule has 1 aromatic carbocycles. The Morgan fingerprint density at radius 3 is 2.48 bits per heavy atom. The molecule has 0 spiro atoms. The third-order valence-corrected chi connectivity index (χ3v) is 7.74. The van der Waals surface area contributed by atoms with E-state index in [1.165, 1.54) is 0 Å². The van der Waals surface area contributed by atoms with Crippen molar-refractivity contribution in [3.63, 3.8) is 0 Å². The summed E-state index contributed by atoms with van der Waals surface area (Å²) in [7, 11) is -3.26. The molecule has 1 heterocycles. The predicted octanol–water partition coefficient (Wildman–Crippen LogP) is 2.44. The zero-order chi connectivity index (χ0) is 18.3. The highest BCUT2D eigenvalue weighted by Crippen LogP contribution is 2.21. The summed E-state index contributed by atoms with van der Waals surface area (Å²) in [5.41, 5.74) is 0.817. The Labute approximate surface area is 154 Å². The molecule has 2 rings (SSSR count). The minimum Gasteiger partial charge on any atom is -0.381 e. The van der Waals surface area contributed by atoms with E-state index >= 15 is 0 Å². The van der Waals surface area contributed by atoms with Gasteiger partial charge < -0.3 is 10.1 Å². The second kappa shape index (κ2) is 9.59. The molecule has 1 aliphatic heterocycles. The van der Waals surface area contributed by atoms with Crippen molar-refractivity contribution in [1.82, 2.24) is 5.32 Å². The number of benzene rings is 1. The molecule has 0 aromatic heterocycles. The lowest BCUT2D eigenvalue weighted by atomic mass is 10.1. The first-order valence-electron chi connectivity index (χ1n) is 8.68. The highest BCUT2D eigenvalue weighted by molar-refractivity contribution is 7.99. The van der Waals surface area contributed by atoms with Gasteiger partial charge in [0, 0.05) is 30.8 Å². The van der Waals surface area contributed by atoms with E-state index in [1.807, 2.05) is 11.8 Å². The van der Waals surface area contributed by atoms with Crippen molar-refractivity contribution in [2.45, 2.75) is 48.5 Å². The van der Waals surface area contributed by atoms with Gasteiger partial charge in [0.1, 0.15) is 0 Å². The highest BCUT2D eigenvalue weighted by Gasteiger charge is 2.19. The van der Waals surface area contributed by atoms with Crippen molar-refractivity contribution in [3.05, 3.63) is 29.8 Å². The fraction of sp³-hybridized carbons (Fsp3) is 0.611. The minimum atomic E-state index is -3.26. The molecular formula is C18H27NO4S2. The highest BCUT2D eigenvalue weighted by atomic mass is 32.2. The van der Waals surface area contributed by atoms with Crippen LogP contribution in [0.5, 0.6) is 0 Å². The molecule has 140 valence electrons. The van der Waals surface area contributed by atoms with E-state index in [0.717, 1.165) is 37.4 Å². The van der Waals surface area contributed by atoms with Gasteiger partial charge in [-0.1, -0.05) is 12.1 Å². The number of carbonyl (C=O) groups excluding carboxylic acids is 1. The second-order valence-corrected chi connectivity index (χ2v) is 10.4. The van der Waals surface area contributed by atoms with E-state index in [-0.39, 0.29) is 12.3 Å². The van der Waals surface area contributed by atoms with Crippen LogP contribution in [0.4, 0.5) is 0 Å². The summed E-state index contributed by atoms with van der Waals surface area (Å²) >= 11 is 1.89. The molecule has 1 saturated heterocycles. The minimum absolute atomic E-state index is 0.0351. The number of amides is 1. The normalized spacial score (nSPS) is 16.1. The molecule has 1 fully saturated rings. The Morgan fingerprint density at radius 2 is 1.88 bits per heavy atom. The third-order valence-electron chi connectivity index (χ3n) is 4.18. The van der Waals surface area contributed by atoms with Crippen LogP contribution in [0.25, 0.3) is 0 Å². The molecule has 0 saturated carbocycles. The molecule has 0 unspecified atom stereocenters. The van der Waals surface area contributed by atoms with Crippen LogP contribution in [0.2, 0.25) is 0 Å². The molecular weight excluding hydrogens is 358 g/mol. The van der Waals surface area contributed by atoms with E-state index in [0.29, 0.717) is 16.7 Å². The monoisotopic (exact) mass is 385 g/mol. The van der Waals surface area contributed by atoms with E-state index in [9.17, 15) is 13.2 Å². The van der Waals surface area contributed by atoms with Crippen molar-refractivity contribution in [3.8, 4) is 0 Å². The summed E-state index contributed by atoms with van der Waals surface area (Å²) in [6, 6.07) is 6.59. The maximum Gasteiger partial charge on any atom is 0.224 e. The first-order valence-corrected chi connectivity index (χ1v) is 11.3. The molecule has 0 atom stereocenters. The third kappa shape index (κ3) is 6.31. The van der Waals surface area contributed by atoms with Gasteiger partial charge in [-0.25, -0.2) is 8.42 Å². The summed E-state index contributed by atoms with van der Waals surface area (Å²) in [5.74, 6) is 0.870. The van der Waals surface area contributed by atoms with Gasteiger partial charge in [0.25, 0.3) is 0 Å². The molecule has 0 radical (unpaired) electrons. The average Bonchev–Trinajstić information content (AvgIpc) is 2.60. The molecule has 1 aromatic rings. The van der Waals surface area contributed by atoms with Crippen molar-refractivity contribution >= 4 is 27.5 Å². The Morgan fingerprint density at radius 1 is 1.24 bits per heavy atom. The number of rotatable bonds is 8. The van der Waals surface area contributed by atoms with Crippen molar-refractivity contribution in [2.24, 2.45) is 0 Å². The molecule has 1 aliphatic rings. The standard InChI is InChI=1S/C18H27NO4S2/c1-14(2)25(21,22)17-5-3-15(4-6-17)13-18(20)19-9-12-24-16-7-10-23-11-8-16/h3-6,14,16H,7-13H2,1-2H3,(H,19,20). The summed E-state index contributed by atoms with van der Waals surface area (Å²) < 4.78 is 29.5. The Bertz CT molecular complexity index is 650. The van der Waals surface area contributed by atoms with Crippen LogP contribution in [0, 0.1) is 0 Å². The molecule has 0 bridgehead atoms. The molecule has 7 heteroatoms. The molecule has 1 amide bonds. The lowest BCUT2D eigenvalue weighted by molar-refractivity contribution is -0.120. The predicted molar refractivity (Wildman–Crippen MR) is 102 cm³/mol. The fourth-order valence-corrected chi connectivity index (χ4v) is 4.71. The zero-order valence-electron chi connectivity index (χ0n) is 14.9. The SMILES string of the molecule is CC(C)S(=O)(=O)c1ccc(CC(=O)NCCSC2CCOCC2)cc1. The Kier molecular flexibility index (Phi) is 7.78. The topological polar surface area (TPSA) is 72.5 Å². The molecule has 1 N–H and O–H groups in total. The second-order valence-electron chi connectivity index (χ2n) is 6.45. The van der Waals surface area contributed by atoms with Crippen LogP contribution in [-0.4, -0.2) is 50.3 Å². The Hall–Kier alpha value is -1.05. The van der Waals surface area contributed by atoms with Gasteiger partial charge in [0.05, 0.1) is 16.6 Å². The van der Waals surface area contributed by atoms with Crippen LogP contribution in [0.3, 0.4) is 0 Å². The molecule has 5 nitrogen and oxygen atoms in total. The van der Waals surface area contributed by atoms with Gasteiger partial charge >= 0.3 is 0 Å². The first kappa shape index (κ1) is 20.3. The summed E-state index contributed by atoms with van der Waals surface area (Å²) in [4.78, 5) is 12.3. The zero-order valence-corrected chi connectivity index (χ0v) is 16.5. The van der Waals surface area contributed by atoms with Crippen molar-refractivity contribution in [1.29, 1.82) is 0 Å². The Balaban J connectivity index is 1.73. The van der Waals surface area contributed by atoms with Crippen LogP contribution < -0.4 is 5.32 Å². The van der Waals surface area contributed by atoms with Gasteiger partial charge in [-0.3, -0.25) is 4.79 Å². The lowest BCUT2D eigenvalue weighted by Crippen LogP contribution is -2.28. The number of hydrogen-bond acceptors (Lipinski definition) is 5. The van der Waals surface area contributed by atoms with Gasteiger partial charge in [0.15, 0.2) is 9.84 Å². The smallest absolute Gasteiger partial charge is 0.224 e. The van der Waals surface area contributed by atoms with E-state index in [1.54, 1.807) is 38.1 Å². The van der Waals surface area contributed by atoms with E-state index in [4.69, 9.17) is 4.74 Å². The van der Waals surface area contributed by atoms with E-state index in [2.05, 4.69) is 5.32 Å². The fourth-order valence-electron chi connectivity index (χ4n) is 2.58. The number of sulfone groups is 1. The van der Waals surface area contributed by atoms with E-state index < -0.39 is 15.1 Å². The average molecular weight is 386 g/mol. The van der Waals surface area contributed by atoms with Gasteiger partial charge in [-0.2, -0.15) is 11.8 Å². The number of ether oxygens (including phenoxy) is 1. The number of hydrogen-bond donors (Lipinski definition) is 1. The van der Waals surface area contributed by atoms with Crippen LogP contribution in [0.15, 0.2) is 29.2 Å². The van der Waals surface area contributed by atoms with Crippen LogP contribution in [0.1, 0.15) is 32.3 Å².